The molecule has 1 amide bonds. The molecule has 1 N–H and O–H groups in total. The third-order valence-electron chi connectivity index (χ3n) is 3.29. The molecule has 0 aliphatic heterocycles. The van der Waals surface area contributed by atoms with Gasteiger partial charge in [-0.3, -0.25) is 9.78 Å². The summed E-state index contributed by atoms with van der Waals surface area (Å²) in [6.45, 7) is 3.52. The van der Waals surface area contributed by atoms with E-state index in [1.165, 1.54) is 4.90 Å². The lowest BCUT2D eigenvalue weighted by molar-refractivity contribution is -0.147. The van der Waals surface area contributed by atoms with Gasteiger partial charge >= 0.3 is 5.97 Å². The second kappa shape index (κ2) is 6.10. The van der Waals surface area contributed by atoms with Crippen LogP contribution in [-0.4, -0.2) is 33.4 Å². The van der Waals surface area contributed by atoms with Crippen molar-refractivity contribution in [2.24, 2.45) is 0 Å². The molecule has 6 heteroatoms. The zero-order valence-corrected chi connectivity index (χ0v) is 12.4. The van der Waals surface area contributed by atoms with Gasteiger partial charge in [0.05, 0.1) is 5.52 Å². The van der Waals surface area contributed by atoms with E-state index < -0.39 is 12.0 Å². The first-order valence-corrected chi connectivity index (χ1v) is 6.83. The molecule has 0 spiro atoms. The molecule has 110 valence electrons. The third kappa shape index (κ3) is 2.83. The van der Waals surface area contributed by atoms with Gasteiger partial charge in [0.1, 0.15) is 0 Å². The van der Waals surface area contributed by atoms with Crippen molar-refractivity contribution in [3.8, 4) is 0 Å². The number of pyridine rings is 1. The van der Waals surface area contributed by atoms with Crippen LogP contribution in [0.2, 0.25) is 5.02 Å². The molecule has 1 atom stereocenters. The summed E-state index contributed by atoms with van der Waals surface area (Å²) >= 11 is 6.12. The Morgan fingerprint density at radius 3 is 2.67 bits per heavy atom. The van der Waals surface area contributed by atoms with Crippen LogP contribution in [0, 0.1) is 0 Å². The smallest absolute Gasteiger partial charge is 0.331 e. The lowest BCUT2D eigenvalue weighted by Crippen LogP contribution is -2.38. The fraction of sp³-hybridized carbons (Fsp3) is 0.267. The molecule has 1 unspecified atom stereocenters. The standard InChI is InChI=1S/C15H15ClN2O3/c1-9(2)18(8-19)14(15(20)21)11-5-6-12(16)10-4-3-7-17-13(10)11/h3-9,14H,1-2H3,(H,20,21). The Balaban J connectivity index is 2.69. The number of halogens is 1. The molecular weight excluding hydrogens is 292 g/mol. The first-order chi connectivity index (χ1) is 9.97. The number of fused-ring (bicyclic) bond motifs is 1. The van der Waals surface area contributed by atoms with E-state index in [0.29, 0.717) is 27.9 Å². The average molecular weight is 307 g/mol. The van der Waals surface area contributed by atoms with Crippen molar-refractivity contribution in [3.63, 3.8) is 0 Å². The van der Waals surface area contributed by atoms with Gasteiger partial charge in [-0.2, -0.15) is 0 Å². The van der Waals surface area contributed by atoms with Gasteiger partial charge in [0, 0.05) is 28.2 Å². The van der Waals surface area contributed by atoms with Crippen molar-refractivity contribution in [1.82, 2.24) is 9.88 Å². The van der Waals surface area contributed by atoms with Crippen molar-refractivity contribution >= 4 is 34.9 Å². The van der Waals surface area contributed by atoms with Crippen LogP contribution in [0.25, 0.3) is 10.9 Å². The number of carboxylic acid groups (broad SMARTS) is 1. The number of hydrogen-bond donors (Lipinski definition) is 1. The summed E-state index contributed by atoms with van der Waals surface area (Å²) in [4.78, 5) is 28.4. The molecule has 0 radical (unpaired) electrons. The summed E-state index contributed by atoms with van der Waals surface area (Å²) < 4.78 is 0. The van der Waals surface area contributed by atoms with E-state index in [9.17, 15) is 14.7 Å². The summed E-state index contributed by atoms with van der Waals surface area (Å²) in [5, 5.41) is 10.7. The Bertz CT molecular complexity index is 688. The van der Waals surface area contributed by atoms with Gasteiger partial charge in [-0.05, 0) is 32.0 Å². The van der Waals surface area contributed by atoms with Gasteiger partial charge in [-0.1, -0.05) is 17.7 Å². The summed E-state index contributed by atoms with van der Waals surface area (Å²) in [7, 11) is 0. The van der Waals surface area contributed by atoms with Crippen LogP contribution in [0.1, 0.15) is 25.5 Å². The third-order valence-corrected chi connectivity index (χ3v) is 3.62. The first kappa shape index (κ1) is 15.3. The average Bonchev–Trinajstić information content (AvgIpc) is 2.45. The lowest BCUT2D eigenvalue weighted by atomic mass is 10.0. The summed E-state index contributed by atoms with van der Waals surface area (Å²) in [5.74, 6) is -1.11. The minimum absolute atomic E-state index is 0.252. The van der Waals surface area contributed by atoms with E-state index in [2.05, 4.69) is 4.98 Å². The SMILES string of the molecule is CC(C)N(C=O)C(C(=O)O)c1ccc(Cl)c2cccnc12. The highest BCUT2D eigenvalue weighted by Gasteiger charge is 2.30. The fourth-order valence-electron chi connectivity index (χ4n) is 2.28. The molecule has 0 bridgehead atoms. The fourth-order valence-corrected chi connectivity index (χ4v) is 2.50. The second-order valence-electron chi connectivity index (χ2n) is 4.92. The van der Waals surface area contributed by atoms with Crippen molar-refractivity contribution in [1.29, 1.82) is 0 Å². The topological polar surface area (TPSA) is 70.5 Å². The quantitative estimate of drug-likeness (QED) is 0.862. The van der Waals surface area contributed by atoms with Crippen molar-refractivity contribution in [2.75, 3.05) is 0 Å². The lowest BCUT2D eigenvalue weighted by Gasteiger charge is -2.29. The molecule has 2 rings (SSSR count). The molecule has 2 aromatic rings. The van der Waals surface area contributed by atoms with E-state index >= 15 is 0 Å². The number of nitrogens with zero attached hydrogens (tertiary/aromatic N) is 2. The van der Waals surface area contributed by atoms with Crippen molar-refractivity contribution in [2.45, 2.75) is 25.9 Å². The normalized spacial score (nSPS) is 12.4. The van der Waals surface area contributed by atoms with Gasteiger partial charge in [-0.15, -0.1) is 0 Å². The Hall–Kier alpha value is -2.14. The highest BCUT2D eigenvalue weighted by atomic mass is 35.5. The molecule has 21 heavy (non-hydrogen) atoms. The molecule has 0 saturated carbocycles. The van der Waals surface area contributed by atoms with E-state index in [1.54, 1.807) is 44.3 Å². The summed E-state index contributed by atoms with van der Waals surface area (Å²) in [6, 6.07) is 5.38. The predicted molar refractivity (Wildman–Crippen MR) is 80.2 cm³/mol. The number of hydrogen-bond acceptors (Lipinski definition) is 3. The van der Waals surface area contributed by atoms with E-state index in [1.807, 2.05) is 0 Å². The zero-order chi connectivity index (χ0) is 15.6. The van der Waals surface area contributed by atoms with Gasteiger partial charge in [0.2, 0.25) is 6.41 Å². The summed E-state index contributed by atoms with van der Waals surface area (Å²) in [6.07, 6.45) is 2.12. The van der Waals surface area contributed by atoms with Gasteiger partial charge in [0.15, 0.2) is 6.04 Å². The molecular formula is C15H15ClN2O3. The Morgan fingerprint density at radius 1 is 1.38 bits per heavy atom. The number of amides is 1. The van der Waals surface area contributed by atoms with Crippen LogP contribution in [0.3, 0.4) is 0 Å². The molecule has 0 aliphatic rings. The Morgan fingerprint density at radius 2 is 2.10 bits per heavy atom. The predicted octanol–water partition coefficient (Wildman–Crippen LogP) is 2.88. The van der Waals surface area contributed by atoms with Crippen molar-refractivity contribution in [3.05, 3.63) is 41.0 Å². The van der Waals surface area contributed by atoms with Crippen LogP contribution >= 0.6 is 11.6 Å². The van der Waals surface area contributed by atoms with Crippen LogP contribution in [-0.2, 0) is 9.59 Å². The number of aliphatic carboxylic acids is 1. The molecule has 0 saturated heterocycles. The largest absolute Gasteiger partial charge is 0.479 e. The minimum atomic E-state index is -1.11. The number of carboxylic acids is 1. The Kier molecular flexibility index (Phi) is 4.43. The maximum Gasteiger partial charge on any atom is 0.331 e. The molecule has 0 fully saturated rings. The van der Waals surface area contributed by atoms with Crippen LogP contribution < -0.4 is 0 Å². The van der Waals surface area contributed by atoms with Gasteiger partial charge in [0.25, 0.3) is 0 Å². The maximum atomic E-state index is 11.7. The summed E-state index contributed by atoms with van der Waals surface area (Å²) in [5.41, 5.74) is 0.938. The van der Waals surface area contributed by atoms with E-state index in [4.69, 9.17) is 11.6 Å². The number of carbonyl (C=O) groups is 2. The number of aromatic nitrogens is 1. The van der Waals surface area contributed by atoms with E-state index in [0.717, 1.165) is 0 Å². The monoisotopic (exact) mass is 306 g/mol. The van der Waals surface area contributed by atoms with Crippen LogP contribution in [0.4, 0.5) is 0 Å². The number of benzene rings is 1. The van der Waals surface area contributed by atoms with Gasteiger partial charge < -0.3 is 10.0 Å². The number of rotatable bonds is 5. The second-order valence-corrected chi connectivity index (χ2v) is 5.33. The number of carbonyl (C=O) groups excluding carboxylic acids is 1. The molecule has 0 aliphatic carbocycles. The first-order valence-electron chi connectivity index (χ1n) is 6.46. The van der Waals surface area contributed by atoms with Crippen LogP contribution in [0.15, 0.2) is 30.5 Å². The Labute approximate surface area is 127 Å². The molecule has 1 heterocycles. The molecule has 1 aromatic carbocycles. The van der Waals surface area contributed by atoms with Gasteiger partial charge in [-0.25, -0.2) is 4.79 Å². The minimum Gasteiger partial charge on any atom is -0.479 e. The molecule has 5 nitrogen and oxygen atoms in total. The highest BCUT2D eigenvalue weighted by Crippen LogP contribution is 2.31. The highest BCUT2D eigenvalue weighted by molar-refractivity contribution is 6.35. The maximum absolute atomic E-state index is 11.7. The molecule has 1 aromatic heterocycles. The van der Waals surface area contributed by atoms with Crippen LogP contribution in [0.5, 0.6) is 0 Å². The van der Waals surface area contributed by atoms with Crippen molar-refractivity contribution < 1.29 is 14.7 Å². The van der Waals surface area contributed by atoms with E-state index in [-0.39, 0.29) is 6.04 Å². The zero-order valence-electron chi connectivity index (χ0n) is 11.7.